The van der Waals surface area contributed by atoms with Gasteiger partial charge in [0.05, 0.1) is 19.8 Å². The van der Waals surface area contributed by atoms with Gasteiger partial charge in [0.2, 0.25) is 0 Å². The molecule has 0 aliphatic rings. The molecule has 0 radical (unpaired) electrons. The Hall–Kier alpha value is -5.11. The zero-order valence-electron chi connectivity index (χ0n) is 37.2. The molecule has 0 aliphatic heterocycles. The molecule has 0 spiro atoms. The molecule has 8 nitrogen and oxygen atoms in total. The topological polar surface area (TPSA) is 103 Å². The molecule has 0 bridgehead atoms. The molecule has 4 aromatic carbocycles. The van der Waals surface area contributed by atoms with E-state index in [1.165, 1.54) is 44.6 Å². The summed E-state index contributed by atoms with van der Waals surface area (Å²) >= 11 is 0. The van der Waals surface area contributed by atoms with Crippen molar-refractivity contribution >= 4 is 29.0 Å². The van der Waals surface area contributed by atoms with Crippen LogP contribution in [0.15, 0.2) is 91.0 Å². The number of ether oxygens (including phenoxy) is 3. The maximum absolute atomic E-state index is 13.9. The van der Waals surface area contributed by atoms with Crippen molar-refractivity contribution in [2.45, 2.75) is 125 Å². The largest absolute Gasteiger partial charge is 0.493 e. The van der Waals surface area contributed by atoms with E-state index in [0.29, 0.717) is 48.9 Å². The van der Waals surface area contributed by atoms with Gasteiger partial charge in [0.1, 0.15) is 17.2 Å². The van der Waals surface area contributed by atoms with Crippen molar-refractivity contribution in [3.63, 3.8) is 0 Å². The minimum absolute atomic E-state index is 0.0953. The molecule has 0 aliphatic carbocycles. The van der Waals surface area contributed by atoms with E-state index in [1.54, 1.807) is 36.4 Å². The Bertz CT molecular complexity index is 1640. The summed E-state index contributed by atoms with van der Waals surface area (Å²) in [5.41, 5.74) is 2.62. The van der Waals surface area contributed by atoms with Crippen molar-refractivity contribution in [3.8, 4) is 17.2 Å². The molecule has 0 fully saturated rings. The third-order valence-corrected chi connectivity index (χ3v) is 11.4. The minimum Gasteiger partial charge on any atom is -0.493 e. The van der Waals surface area contributed by atoms with Gasteiger partial charge < -0.3 is 24.8 Å². The number of hydrogen-bond donors (Lipinski definition) is 2. The fourth-order valence-corrected chi connectivity index (χ4v) is 7.05. The summed E-state index contributed by atoms with van der Waals surface area (Å²) in [5, 5.41) is 5.88. The van der Waals surface area contributed by atoms with Crippen molar-refractivity contribution in [2.75, 3.05) is 30.5 Å². The van der Waals surface area contributed by atoms with Crippen molar-refractivity contribution < 1.29 is 28.6 Å². The van der Waals surface area contributed by atoms with Gasteiger partial charge in [0.25, 0.3) is 11.8 Å². The van der Waals surface area contributed by atoms with Crippen LogP contribution in [0.25, 0.3) is 0 Å². The molecular formula is C52H70N2O6. The summed E-state index contributed by atoms with van der Waals surface area (Å²) in [6, 6.07) is 26.8. The molecule has 2 amide bonds. The van der Waals surface area contributed by atoms with Gasteiger partial charge in [-0.15, -0.1) is 0 Å². The molecule has 3 unspecified atom stereocenters. The highest BCUT2D eigenvalue weighted by atomic mass is 16.5. The monoisotopic (exact) mass is 819 g/mol. The smallest absolute Gasteiger partial charge is 0.255 e. The van der Waals surface area contributed by atoms with Crippen molar-refractivity contribution in [3.05, 3.63) is 113 Å². The molecule has 324 valence electrons. The van der Waals surface area contributed by atoms with Gasteiger partial charge >= 0.3 is 0 Å². The van der Waals surface area contributed by atoms with Crippen LogP contribution in [0.4, 0.5) is 11.4 Å². The molecular weight excluding hydrogens is 749 g/mol. The highest BCUT2D eigenvalue weighted by molar-refractivity contribution is 6.11. The summed E-state index contributed by atoms with van der Waals surface area (Å²) in [4.78, 5) is 41.4. The lowest BCUT2D eigenvalue weighted by Gasteiger charge is -2.16. The van der Waals surface area contributed by atoms with Crippen LogP contribution >= 0.6 is 0 Å². The Morgan fingerprint density at radius 2 is 0.800 bits per heavy atom. The molecule has 60 heavy (non-hydrogen) atoms. The van der Waals surface area contributed by atoms with E-state index < -0.39 is 11.8 Å². The van der Waals surface area contributed by atoms with E-state index in [9.17, 15) is 14.4 Å². The molecule has 0 heterocycles. The fourth-order valence-electron chi connectivity index (χ4n) is 7.05. The van der Waals surface area contributed by atoms with Crippen LogP contribution < -0.4 is 24.8 Å². The Morgan fingerprint density at radius 3 is 1.13 bits per heavy atom. The quantitative estimate of drug-likeness (QED) is 0.0553. The Kier molecular flexibility index (Phi) is 20.8. The number of hydrogen-bond acceptors (Lipinski definition) is 6. The first-order valence-electron chi connectivity index (χ1n) is 22.7. The molecule has 3 atom stereocenters. The SMILES string of the molecule is CCCCC(CC)COc1ccc(CC(=O)c2cc(C(=O)Nc3ccc(OCC(CC)CCCC)cc3)cc(C(=O)Nc3ccc(OCC(CC)CCCC)cc3)c2)cc1. The van der Waals surface area contributed by atoms with Crippen LogP contribution in [0, 0.1) is 17.8 Å². The number of ketones is 1. The molecule has 0 saturated heterocycles. The summed E-state index contributed by atoms with van der Waals surface area (Å²) in [6.45, 7) is 15.2. The van der Waals surface area contributed by atoms with E-state index in [-0.39, 0.29) is 28.9 Å². The third kappa shape index (κ3) is 16.2. The summed E-state index contributed by atoms with van der Waals surface area (Å²) in [7, 11) is 0. The average molecular weight is 819 g/mol. The van der Waals surface area contributed by atoms with Crippen LogP contribution in [0.2, 0.25) is 0 Å². The number of anilines is 2. The number of nitrogens with one attached hydrogen (secondary N) is 2. The van der Waals surface area contributed by atoms with Crippen LogP contribution in [-0.2, 0) is 6.42 Å². The minimum atomic E-state index is -0.436. The standard InChI is InChI=1S/C52H70N2O6/c1-7-13-16-38(10-4)35-58-47-25-19-41(20-26-47)31-50(55)42-32-43(51(56)53-45-21-27-48(28-22-45)59-36-39(11-5)17-14-8-2)34-44(33-42)52(57)54-46-23-29-49(30-24-46)60-37-40(12-6)18-15-9-3/h19-30,32-34,38-40H,7-18,31,35-37H2,1-6H3,(H,53,56)(H,54,57). The summed E-state index contributed by atoms with van der Waals surface area (Å²) in [6.07, 6.45) is 13.8. The van der Waals surface area contributed by atoms with Gasteiger partial charge in [-0.25, -0.2) is 0 Å². The highest BCUT2D eigenvalue weighted by Gasteiger charge is 2.19. The normalized spacial score (nSPS) is 12.6. The Balaban J connectivity index is 1.49. The number of benzene rings is 4. The number of unbranched alkanes of at least 4 members (excludes halogenated alkanes) is 3. The number of carbonyl (C=O) groups excluding carboxylic acids is 3. The van der Waals surface area contributed by atoms with Crippen molar-refractivity contribution in [1.29, 1.82) is 0 Å². The predicted octanol–water partition coefficient (Wildman–Crippen LogP) is 13.4. The Morgan fingerprint density at radius 1 is 0.467 bits per heavy atom. The van der Waals surface area contributed by atoms with E-state index in [2.05, 4.69) is 52.2 Å². The van der Waals surface area contributed by atoms with E-state index in [1.807, 2.05) is 48.5 Å². The first kappa shape index (κ1) is 47.6. The van der Waals surface area contributed by atoms with E-state index in [0.717, 1.165) is 61.3 Å². The first-order valence-corrected chi connectivity index (χ1v) is 22.7. The van der Waals surface area contributed by atoms with Gasteiger partial charge in [-0.05, 0) is 121 Å². The Labute approximate surface area is 360 Å². The van der Waals surface area contributed by atoms with Gasteiger partial charge in [0.15, 0.2) is 5.78 Å². The second-order valence-corrected chi connectivity index (χ2v) is 16.2. The number of rotatable bonds is 28. The zero-order valence-corrected chi connectivity index (χ0v) is 37.2. The van der Waals surface area contributed by atoms with Crippen LogP contribution in [0.5, 0.6) is 17.2 Å². The lowest BCUT2D eigenvalue weighted by atomic mass is 9.97. The summed E-state index contributed by atoms with van der Waals surface area (Å²) < 4.78 is 18.2. The molecule has 2 N–H and O–H groups in total. The average Bonchev–Trinajstić information content (AvgIpc) is 3.28. The zero-order chi connectivity index (χ0) is 43.1. The second-order valence-electron chi connectivity index (χ2n) is 16.2. The maximum atomic E-state index is 13.9. The number of Topliss-reactive ketones (excluding diaryl/α,β-unsaturated/α-hetero) is 1. The third-order valence-electron chi connectivity index (χ3n) is 11.4. The lowest BCUT2D eigenvalue weighted by Crippen LogP contribution is -2.18. The van der Waals surface area contributed by atoms with Crippen molar-refractivity contribution in [2.24, 2.45) is 17.8 Å². The van der Waals surface area contributed by atoms with Gasteiger partial charge in [-0.2, -0.15) is 0 Å². The number of carbonyl (C=O) groups is 3. The molecule has 0 saturated carbocycles. The number of amides is 2. The van der Waals surface area contributed by atoms with Gasteiger partial charge in [0, 0.05) is 34.5 Å². The molecule has 4 rings (SSSR count). The molecule has 4 aromatic rings. The van der Waals surface area contributed by atoms with Crippen LogP contribution in [-0.4, -0.2) is 37.4 Å². The predicted molar refractivity (Wildman–Crippen MR) is 246 cm³/mol. The van der Waals surface area contributed by atoms with Crippen LogP contribution in [0.1, 0.15) is 155 Å². The van der Waals surface area contributed by atoms with Crippen LogP contribution in [0.3, 0.4) is 0 Å². The van der Waals surface area contributed by atoms with E-state index >= 15 is 0 Å². The van der Waals surface area contributed by atoms with Crippen molar-refractivity contribution in [1.82, 2.24) is 0 Å². The van der Waals surface area contributed by atoms with Gasteiger partial charge in [-0.1, -0.05) is 111 Å². The van der Waals surface area contributed by atoms with Gasteiger partial charge in [-0.3, -0.25) is 14.4 Å². The highest BCUT2D eigenvalue weighted by Crippen LogP contribution is 2.24. The fraction of sp³-hybridized carbons (Fsp3) is 0.481. The summed E-state index contributed by atoms with van der Waals surface area (Å²) in [5.74, 6) is 2.69. The second kappa shape index (κ2) is 26.2. The lowest BCUT2D eigenvalue weighted by molar-refractivity contribution is 0.0992. The van der Waals surface area contributed by atoms with E-state index in [4.69, 9.17) is 14.2 Å². The molecule has 8 heteroatoms. The maximum Gasteiger partial charge on any atom is 0.255 e. The first-order chi connectivity index (χ1) is 29.2. The molecule has 0 aromatic heterocycles.